The number of allylic oxidation sites excluding steroid dienone is 2. The van der Waals surface area contributed by atoms with Crippen molar-refractivity contribution in [3.8, 4) is 11.5 Å². The predicted octanol–water partition coefficient (Wildman–Crippen LogP) is 4.17. The molecule has 0 fully saturated rings. The third-order valence-electron chi connectivity index (χ3n) is 6.12. The number of furan rings is 1. The summed E-state index contributed by atoms with van der Waals surface area (Å²) in [6.45, 7) is 1.23. The summed E-state index contributed by atoms with van der Waals surface area (Å²) >= 11 is 1.47. The van der Waals surface area contributed by atoms with Crippen LogP contribution < -0.4 is 14.8 Å². The van der Waals surface area contributed by atoms with Crippen LogP contribution in [0.2, 0.25) is 0 Å². The molecular formula is C23H22N4O4S. The van der Waals surface area contributed by atoms with Crippen molar-refractivity contribution in [2.75, 3.05) is 24.8 Å². The second kappa shape index (κ2) is 7.74. The van der Waals surface area contributed by atoms with E-state index in [2.05, 4.69) is 15.4 Å². The second-order valence-corrected chi connectivity index (χ2v) is 8.86. The summed E-state index contributed by atoms with van der Waals surface area (Å²) < 4.78 is 19.1. The van der Waals surface area contributed by atoms with E-state index < -0.39 is 0 Å². The number of nitrogens with one attached hydrogen (secondary N) is 1. The SMILES string of the molecule is CSc1nc2n(n1)C(c1ccc3c(c1)OCCCO3)C1=C(CC(c3ccco3)CC1=O)N2. The summed E-state index contributed by atoms with van der Waals surface area (Å²) in [6.07, 6.45) is 5.50. The molecule has 0 amide bonds. The van der Waals surface area contributed by atoms with Gasteiger partial charge in [0.15, 0.2) is 17.3 Å². The highest BCUT2D eigenvalue weighted by Gasteiger charge is 2.40. The zero-order chi connectivity index (χ0) is 21.7. The van der Waals surface area contributed by atoms with E-state index in [0.717, 1.165) is 34.8 Å². The van der Waals surface area contributed by atoms with Crippen molar-refractivity contribution in [2.45, 2.75) is 36.4 Å². The van der Waals surface area contributed by atoms with Crippen molar-refractivity contribution in [3.05, 3.63) is 59.2 Å². The van der Waals surface area contributed by atoms with Gasteiger partial charge in [-0.15, -0.1) is 5.10 Å². The zero-order valence-corrected chi connectivity index (χ0v) is 18.4. The molecule has 1 aromatic carbocycles. The maximum Gasteiger partial charge on any atom is 0.227 e. The molecule has 0 spiro atoms. The maximum absolute atomic E-state index is 13.5. The van der Waals surface area contributed by atoms with Gasteiger partial charge in [0.25, 0.3) is 0 Å². The van der Waals surface area contributed by atoms with Gasteiger partial charge in [-0.2, -0.15) is 4.98 Å². The van der Waals surface area contributed by atoms with Crippen molar-refractivity contribution in [3.63, 3.8) is 0 Å². The van der Waals surface area contributed by atoms with Gasteiger partial charge in [-0.1, -0.05) is 17.8 Å². The number of hydrogen-bond acceptors (Lipinski definition) is 8. The Morgan fingerprint density at radius 1 is 1.16 bits per heavy atom. The first-order valence-corrected chi connectivity index (χ1v) is 11.9. The van der Waals surface area contributed by atoms with Gasteiger partial charge < -0.3 is 19.2 Å². The van der Waals surface area contributed by atoms with E-state index in [9.17, 15) is 4.79 Å². The van der Waals surface area contributed by atoms with Gasteiger partial charge in [-0.05, 0) is 42.5 Å². The Kier molecular flexibility index (Phi) is 4.71. The number of hydrogen-bond donors (Lipinski definition) is 1. The monoisotopic (exact) mass is 450 g/mol. The lowest BCUT2D eigenvalue weighted by Crippen LogP contribution is -2.33. The van der Waals surface area contributed by atoms with Crippen LogP contribution in [-0.4, -0.2) is 40.0 Å². The summed E-state index contributed by atoms with van der Waals surface area (Å²) in [5.41, 5.74) is 2.53. The number of ketones is 1. The molecule has 4 heterocycles. The van der Waals surface area contributed by atoms with Crippen molar-refractivity contribution >= 4 is 23.5 Å². The molecule has 3 aliphatic rings. The number of nitrogens with zero attached hydrogens (tertiary/aromatic N) is 3. The number of fused-ring (bicyclic) bond motifs is 2. The molecule has 0 saturated carbocycles. The molecule has 1 N–H and O–H groups in total. The van der Waals surface area contributed by atoms with Crippen LogP contribution in [-0.2, 0) is 4.79 Å². The minimum absolute atomic E-state index is 0.00247. The Hall–Kier alpha value is -3.20. The lowest BCUT2D eigenvalue weighted by Gasteiger charge is -2.34. The number of Topliss-reactive ketones (excluding diaryl/α,β-unsaturated/α-hetero) is 1. The third kappa shape index (κ3) is 3.19. The Balaban J connectivity index is 1.47. The van der Waals surface area contributed by atoms with Crippen molar-refractivity contribution < 1.29 is 18.7 Å². The average molecular weight is 451 g/mol. The second-order valence-electron chi connectivity index (χ2n) is 8.09. The van der Waals surface area contributed by atoms with Crippen molar-refractivity contribution in [1.29, 1.82) is 0 Å². The molecule has 6 rings (SSSR count). The number of ether oxygens (including phenoxy) is 2. The summed E-state index contributed by atoms with van der Waals surface area (Å²) in [7, 11) is 0. The van der Waals surface area contributed by atoms with Crippen LogP contribution in [0.15, 0.2) is 57.4 Å². The third-order valence-corrected chi connectivity index (χ3v) is 6.65. The van der Waals surface area contributed by atoms with Crippen LogP contribution in [0.5, 0.6) is 11.5 Å². The first kappa shape index (κ1) is 19.5. The van der Waals surface area contributed by atoms with E-state index in [1.807, 2.05) is 41.3 Å². The fourth-order valence-corrected chi connectivity index (χ4v) is 5.01. The van der Waals surface area contributed by atoms with Gasteiger partial charge in [0, 0.05) is 30.0 Å². The fraction of sp³-hybridized carbons (Fsp3) is 0.348. The minimum Gasteiger partial charge on any atom is -0.490 e. The fourth-order valence-electron chi connectivity index (χ4n) is 4.66. The van der Waals surface area contributed by atoms with Crippen LogP contribution >= 0.6 is 11.8 Å². The van der Waals surface area contributed by atoms with Gasteiger partial charge in [-0.25, -0.2) is 4.68 Å². The summed E-state index contributed by atoms with van der Waals surface area (Å²) in [5, 5.41) is 8.72. The molecule has 3 aromatic rings. The van der Waals surface area contributed by atoms with Gasteiger partial charge in [0.05, 0.1) is 19.5 Å². The smallest absolute Gasteiger partial charge is 0.227 e. The Morgan fingerprint density at radius 2 is 2.03 bits per heavy atom. The van der Waals surface area contributed by atoms with Gasteiger partial charge in [0.1, 0.15) is 11.8 Å². The van der Waals surface area contributed by atoms with E-state index in [-0.39, 0.29) is 17.7 Å². The van der Waals surface area contributed by atoms with Crippen LogP contribution in [0.25, 0.3) is 0 Å². The molecule has 0 saturated heterocycles. The number of thioether (sulfide) groups is 1. The molecule has 32 heavy (non-hydrogen) atoms. The molecular weight excluding hydrogens is 428 g/mol. The highest BCUT2D eigenvalue weighted by molar-refractivity contribution is 7.98. The lowest BCUT2D eigenvalue weighted by atomic mass is 9.79. The molecule has 2 unspecified atom stereocenters. The van der Waals surface area contributed by atoms with Crippen LogP contribution in [0.1, 0.15) is 42.5 Å². The maximum atomic E-state index is 13.5. The molecule has 2 aromatic heterocycles. The summed E-state index contributed by atoms with van der Waals surface area (Å²) in [5.74, 6) is 2.98. The first-order chi connectivity index (χ1) is 15.7. The quantitative estimate of drug-likeness (QED) is 0.595. The number of aromatic nitrogens is 3. The molecule has 164 valence electrons. The van der Waals surface area contributed by atoms with E-state index >= 15 is 0 Å². The number of carbonyl (C=O) groups is 1. The highest BCUT2D eigenvalue weighted by atomic mass is 32.2. The Bertz CT molecular complexity index is 1220. The lowest BCUT2D eigenvalue weighted by molar-refractivity contribution is -0.117. The molecule has 1 aliphatic carbocycles. The van der Waals surface area contributed by atoms with Crippen LogP contribution in [0.4, 0.5) is 5.95 Å². The summed E-state index contributed by atoms with van der Waals surface area (Å²) in [6, 6.07) is 9.30. The molecule has 2 atom stereocenters. The average Bonchev–Trinajstić information content (AvgIpc) is 3.42. The largest absolute Gasteiger partial charge is 0.490 e. The van der Waals surface area contributed by atoms with Gasteiger partial charge in [-0.3, -0.25) is 4.79 Å². The summed E-state index contributed by atoms with van der Waals surface area (Å²) in [4.78, 5) is 18.1. The number of benzene rings is 1. The van der Waals surface area contributed by atoms with Gasteiger partial charge >= 0.3 is 0 Å². The van der Waals surface area contributed by atoms with E-state index in [0.29, 0.717) is 42.9 Å². The minimum atomic E-state index is -0.378. The molecule has 2 aliphatic heterocycles. The molecule has 8 nitrogen and oxygen atoms in total. The van der Waals surface area contributed by atoms with E-state index in [1.54, 1.807) is 6.26 Å². The highest BCUT2D eigenvalue weighted by Crippen LogP contribution is 2.45. The Morgan fingerprint density at radius 3 is 2.84 bits per heavy atom. The molecule has 9 heteroatoms. The molecule has 0 radical (unpaired) electrons. The van der Waals surface area contributed by atoms with Crippen LogP contribution in [0.3, 0.4) is 0 Å². The predicted molar refractivity (Wildman–Crippen MR) is 118 cm³/mol. The number of rotatable bonds is 3. The van der Waals surface area contributed by atoms with Crippen molar-refractivity contribution in [2.24, 2.45) is 0 Å². The first-order valence-electron chi connectivity index (χ1n) is 10.7. The van der Waals surface area contributed by atoms with Crippen molar-refractivity contribution in [1.82, 2.24) is 14.8 Å². The van der Waals surface area contributed by atoms with E-state index in [1.165, 1.54) is 11.8 Å². The topological polar surface area (TPSA) is 91.4 Å². The molecule has 0 bridgehead atoms. The zero-order valence-electron chi connectivity index (χ0n) is 17.5. The van der Waals surface area contributed by atoms with E-state index in [4.69, 9.17) is 13.9 Å². The van der Waals surface area contributed by atoms with Gasteiger partial charge in [0.2, 0.25) is 11.1 Å². The number of carbonyl (C=O) groups excluding carboxylic acids is 1. The Labute approximate surface area is 189 Å². The standard InChI is InChI=1S/C23H22N4O4S/c1-32-23-25-22-24-15-10-14(17-4-2-7-29-17)11-16(28)20(15)21(27(22)26-23)13-5-6-18-19(12-13)31-9-3-8-30-18/h2,4-7,12,14,21H,3,8-11H2,1H3,(H,24,25,26). The van der Waals surface area contributed by atoms with Crippen LogP contribution in [0, 0.1) is 0 Å². The normalized spacial score (nSPS) is 22.1. The number of anilines is 1.